The van der Waals surface area contributed by atoms with Crippen molar-refractivity contribution in [2.45, 2.75) is 31.7 Å². The van der Waals surface area contributed by atoms with Gasteiger partial charge >= 0.3 is 0 Å². The van der Waals surface area contributed by atoms with Crippen LogP contribution in [0.3, 0.4) is 0 Å². The molecule has 4 heteroatoms. The van der Waals surface area contributed by atoms with Crippen LogP contribution in [-0.4, -0.2) is 34.2 Å². The summed E-state index contributed by atoms with van der Waals surface area (Å²) in [6.45, 7) is 2.36. The van der Waals surface area contributed by atoms with Gasteiger partial charge in [0.05, 0.1) is 6.61 Å². The molecule has 0 amide bonds. The SMILES string of the molecule is OCc1ccc2ccn(C3CCN(CC(F)c4ccccc4)CC3)c2c1. The average Bonchev–Trinajstić information content (AvgIpc) is 3.12. The lowest BCUT2D eigenvalue weighted by Gasteiger charge is -2.33. The number of likely N-dealkylation sites (tertiary alicyclic amines) is 1. The van der Waals surface area contributed by atoms with Gasteiger partial charge in [-0.3, -0.25) is 4.90 Å². The van der Waals surface area contributed by atoms with Crippen molar-refractivity contribution in [1.29, 1.82) is 0 Å². The summed E-state index contributed by atoms with van der Waals surface area (Å²) < 4.78 is 16.8. The van der Waals surface area contributed by atoms with Crippen LogP contribution in [0, 0.1) is 0 Å². The van der Waals surface area contributed by atoms with Crippen LogP contribution < -0.4 is 0 Å². The van der Waals surface area contributed by atoms with E-state index >= 15 is 0 Å². The second kappa shape index (κ2) is 7.60. The molecule has 1 fully saturated rings. The molecule has 0 bridgehead atoms. The van der Waals surface area contributed by atoms with Crippen LogP contribution in [0.2, 0.25) is 0 Å². The number of piperidine rings is 1. The predicted molar refractivity (Wildman–Crippen MR) is 103 cm³/mol. The summed E-state index contributed by atoms with van der Waals surface area (Å²) in [5, 5.41) is 10.6. The van der Waals surface area contributed by atoms with Crippen LogP contribution in [0.15, 0.2) is 60.8 Å². The van der Waals surface area contributed by atoms with E-state index in [0.717, 1.165) is 37.1 Å². The number of nitrogens with zero attached hydrogens (tertiary/aromatic N) is 2. The van der Waals surface area contributed by atoms with Crippen LogP contribution in [0.25, 0.3) is 10.9 Å². The second-order valence-corrected chi connectivity index (χ2v) is 7.18. The maximum atomic E-state index is 14.5. The Labute approximate surface area is 153 Å². The maximum absolute atomic E-state index is 14.5. The highest BCUT2D eigenvalue weighted by Crippen LogP contribution is 2.29. The number of fused-ring (bicyclic) bond motifs is 1. The van der Waals surface area contributed by atoms with Crippen molar-refractivity contribution in [3.8, 4) is 0 Å². The first-order valence-electron chi connectivity index (χ1n) is 9.36. The Hall–Kier alpha value is -2.17. The zero-order chi connectivity index (χ0) is 17.9. The van der Waals surface area contributed by atoms with E-state index < -0.39 is 6.17 Å². The Kier molecular flexibility index (Phi) is 5.05. The summed E-state index contributed by atoms with van der Waals surface area (Å²) in [7, 11) is 0. The van der Waals surface area contributed by atoms with Crippen LogP contribution in [-0.2, 0) is 6.61 Å². The summed E-state index contributed by atoms with van der Waals surface area (Å²) in [5.41, 5.74) is 2.89. The quantitative estimate of drug-likeness (QED) is 0.733. The lowest BCUT2D eigenvalue weighted by atomic mass is 10.0. The van der Waals surface area contributed by atoms with Gasteiger partial charge in [-0.15, -0.1) is 0 Å². The van der Waals surface area contributed by atoms with E-state index in [9.17, 15) is 9.50 Å². The van der Waals surface area contributed by atoms with Crippen LogP contribution in [0.4, 0.5) is 4.39 Å². The van der Waals surface area contributed by atoms with Gasteiger partial charge in [-0.05, 0) is 41.5 Å². The van der Waals surface area contributed by atoms with Gasteiger partial charge in [0.2, 0.25) is 0 Å². The topological polar surface area (TPSA) is 28.4 Å². The Balaban J connectivity index is 1.41. The van der Waals surface area contributed by atoms with E-state index in [-0.39, 0.29) is 6.61 Å². The largest absolute Gasteiger partial charge is 0.392 e. The predicted octanol–water partition coefficient (Wildman–Crippen LogP) is 4.48. The molecule has 0 saturated carbocycles. The van der Waals surface area contributed by atoms with Gasteiger partial charge in [-0.2, -0.15) is 0 Å². The molecule has 0 aliphatic carbocycles. The molecule has 1 aliphatic rings. The molecule has 4 rings (SSSR count). The summed E-state index contributed by atoms with van der Waals surface area (Å²) in [6.07, 6.45) is 3.27. The molecule has 1 saturated heterocycles. The lowest BCUT2D eigenvalue weighted by molar-refractivity contribution is 0.144. The van der Waals surface area contributed by atoms with E-state index in [0.29, 0.717) is 12.6 Å². The van der Waals surface area contributed by atoms with Crippen LogP contribution in [0.5, 0.6) is 0 Å². The number of alkyl halides is 1. The molecule has 1 unspecified atom stereocenters. The fourth-order valence-corrected chi connectivity index (χ4v) is 3.99. The van der Waals surface area contributed by atoms with E-state index in [4.69, 9.17) is 0 Å². The summed E-state index contributed by atoms with van der Waals surface area (Å²) >= 11 is 0. The fraction of sp³-hybridized carbons (Fsp3) is 0.364. The monoisotopic (exact) mass is 352 g/mol. The molecule has 0 spiro atoms. The van der Waals surface area contributed by atoms with Gasteiger partial charge in [0.1, 0.15) is 6.17 Å². The average molecular weight is 352 g/mol. The van der Waals surface area contributed by atoms with E-state index in [1.54, 1.807) is 0 Å². The van der Waals surface area contributed by atoms with Gasteiger partial charge in [0.15, 0.2) is 0 Å². The molecule has 3 nitrogen and oxygen atoms in total. The summed E-state index contributed by atoms with van der Waals surface area (Å²) in [4.78, 5) is 2.24. The van der Waals surface area contributed by atoms with Crippen molar-refractivity contribution in [1.82, 2.24) is 9.47 Å². The first kappa shape index (κ1) is 17.3. The first-order chi connectivity index (χ1) is 12.7. The van der Waals surface area contributed by atoms with Crippen molar-refractivity contribution < 1.29 is 9.50 Å². The fourth-order valence-electron chi connectivity index (χ4n) is 3.99. The number of halogens is 1. The van der Waals surface area contributed by atoms with E-state index in [1.165, 1.54) is 10.9 Å². The Morgan fingerprint density at radius 2 is 1.81 bits per heavy atom. The van der Waals surface area contributed by atoms with Crippen molar-refractivity contribution in [2.75, 3.05) is 19.6 Å². The molecule has 0 radical (unpaired) electrons. The van der Waals surface area contributed by atoms with Crippen LogP contribution in [0.1, 0.15) is 36.2 Å². The number of hydrogen-bond acceptors (Lipinski definition) is 2. The molecule has 2 aromatic carbocycles. The molecule has 1 atom stereocenters. The number of aliphatic hydroxyl groups excluding tert-OH is 1. The third kappa shape index (κ3) is 3.53. The van der Waals surface area contributed by atoms with Crippen molar-refractivity contribution in [3.05, 3.63) is 71.9 Å². The number of aromatic nitrogens is 1. The van der Waals surface area contributed by atoms with E-state index in [2.05, 4.69) is 33.9 Å². The zero-order valence-corrected chi connectivity index (χ0v) is 14.9. The maximum Gasteiger partial charge on any atom is 0.138 e. The zero-order valence-electron chi connectivity index (χ0n) is 14.9. The normalized spacial score (nSPS) is 17.6. The van der Waals surface area contributed by atoms with Gasteiger partial charge in [-0.25, -0.2) is 4.39 Å². The number of benzene rings is 2. The summed E-state index contributed by atoms with van der Waals surface area (Å²) in [6, 6.07) is 18.1. The Bertz CT molecular complexity index is 853. The van der Waals surface area contributed by atoms with Gasteiger partial charge in [-0.1, -0.05) is 42.5 Å². The number of rotatable bonds is 5. The molecule has 1 N–H and O–H groups in total. The van der Waals surface area contributed by atoms with Crippen molar-refractivity contribution >= 4 is 10.9 Å². The molecule has 1 aliphatic heterocycles. The highest BCUT2D eigenvalue weighted by molar-refractivity contribution is 5.81. The van der Waals surface area contributed by atoms with Crippen LogP contribution >= 0.6 is 0 Å². The third-order valence-corrected chi connectivity index (χ3v) is 5.50. The minimum absolute atomic E-state index is 0.0664. The van der Waals surface area contributed by atoms with Crippen molar-refractivity contribution in [3.63, 3.8) is 0 Å². The molecule has 2 heterocycles. The van der Waals surface area contributed by atoms with Gasteiger partial charge in [0.25, 0.3) is 0 Å². The smallest absolute Gasteiger partial charge is 0.138 e. The molecule has 26 heavy (non-hydrogen) atoms. The minimum atomic E-state index is -0.924. The van der Waals surface area contributed by atoms with Gasteiger partial charge in [0, 0.05) is 37.4 Å². The van der Waals surface area contributed by atoms with Gasteiger partial charge < -0.3 is 9.67 Å². The Morgan fingerprint density at radius 3 is 2.54 bits per heavy atom. The molecule has 136 valence electrons. The minimum Gasteiger partial charge on any atom is -0.392 e. The van der Waals surface area contributed by atoms with E-state index in [1.807, 2.05) is 36.4 Å². The second-order valence-electron chi connectivity index (χ2n) is 7.18. The highest BCUT2D eigenvalue weighted by atomic mass is 19.1. The summed E-state index contributed by atoms with van der Waals surface area (Å²) in [5.74, 6) is 0. The lowest BCUT2D eigenvalue weighted by Crippen LogP contribution is -2.36. The third-order valence-electron chi connectivity index (χ3n) is 5.50. The van der Waals surface area contributed by atoms with Crippen molar-refractivity contribution in [2.24, 2.45) is 0 Å². The number of aliphatic hydroxyl groups is 1. The Morgan fingerprint density at radius 1 is 1.04 bits per heavy atom. The molecule has 1 aromatic heterocycles. The highest BCUT2D eigenvalue weighted by Gasteiger charge is 2.23. The number of hydrogen-bond donors (Lipinski definition) is 1. The first-order valence-corrected chi connectivity index (χ1v) is 9.36. The molecular formula is C22H25FN2O. The molecular weight excluding hydrogens is 327 g/mol. The standard InChI is InChI=1S/C22H25FN2O/c23-21(18-4-2-1-3-5-18)15-24-11-9-20(10-12-24)25-13-8-19-7-6-17(16-26)14-22(19)25/h1-8,13-14,20-21,26H,9-12,15-16H2. The molecule has 3 aromatic rings.